The second-order valence-electron chi connectivity index (χ2n) is 6.81. The monoisotopic (exact) mass is 388 g/mol. The highest BCUT2D eigenvalue weighted by Gasteiger charge is 2.20. The average molecular weight is 388 g/mol. The van der Waals surface area contributed by atoms with Crippen LogP contribution in [0.25, 0.3) is 6.08 Å². The molecule has 1 heterocycles. The number of nitrogens with one attached hydrogen (secondary N) is 1. The molecule has 1 amide bonds. The molecule has 1 N–H and O–H groups in total. The van der Waals surface area contributed by atoms with Gasteiger partial charge >= 0.3 is 0 Å². The van der Waals surface area contributed by atoms with Gasteiger partial charge in [-0.2, -0.15) is 4.31 Å². The first-order chi connectivity index (χ1) is 12.8. The normalized spacial score (nSPS) is 17.2. The number of sulfonamides is 1. The molecular formula is C20H24N2O4S. The Morgan fingerprint density at radius 3 is 2.85 bits per heavy atom. The van der Waals surface area contributed by atoms with Crippen LogP contribution in [0.2, 0.25) is 0 Å². The van der Waals surface area contributed by atoms with Crippen LogP contribution in [0.4, 0.5) is 0 Å². The molecule has 6 nitrogen and oxygen atoms in total. The van der Waals surface area contributed by atoms with E-state index in [1.807, 2.05) is 12.1 Å². The highest BCUT2D eigenvalue weighted by atomic mass is 32.2. The Hall–Kier alpha value is -2.38. The number of carbonyl (C=O) groups excluding carboxylic acids is 1. The fourth-order valence-corrected chi connectivity index (χ4v) is 3.55. The van der Waals surface area contributed by atoms with Crippen LogP contribution in [-0.2, 0) is 27.8 Å². The number of aryl methyl sites for hydroxylation is 1. The summed E-state index contributed by atoms with van der Waals surface area (Å²) in [5.74, 6) is 0.846. The SMILES string of the molecule is CN(Cc1ccc(/C=C/C(=O)NC2CCCc3ccccc32)o1)S(C)(=O)=O. The molecule has 2 aromatic rings. The zero-order valence-electron chi connectivity index (χ0n) is 15.5. The van der Waals surface area contributed by atoms with Crippen LogP contribution in [0.15, 0.2) is 46.9 Å². The molecule has 0 fully saturated rings. The largest absolute Gasteiger partial charge is 0.460 e. The van der Waals surface area contributed by atoms with Gasteiger partial charge in [-0.3, -0.25) is 4.79 Å². The first-order valence-corrected chi connectivity index (χ1v) is 10.7. The highest BCUT2D eigenvalue weighted by molar-refractivity contribution is 7.88. The fourth-order valence-electron chi connectivity index (χ4n) is 3.19. The van der Waals surface area contributed by atoms with Crippen molar-refractivity contribution in [1.82, 2.24) is 9.62 Å². The lowest BCUT2D eigenvalue weighted by Crippen LogP contribution is -2.29. The number of benzene rings is 1. The first-order valence-electron chi connectivity index (χ1n) is 8.89. The lowest BCUT2D eigenvalue weighted by atomic mass is 9.88. The van der Waals surface area contributed by atoms with E-state index >= 15 is 0 Å². The predicted octanol–water partition coefficient (Wildman–Crippen LogP) is 2.88. The first kappa shape index (κ1) is 19.4. The Kier molecular flexibility index (Phi) is 5.82. The summed E-state index contributed by atoms with van der Waals surface area (Å²) in [5, 5.41) is 3.05. The summed E-state index contributed by atoms with van der Waals surface area (Å²) in [7, 11) is -1.78. The van der Waals surface area contributed by atoms with E-state index in [9.17, 15) is 13.2 Å². The zero-order valence-corrected chi connectivity index (χ0v) is 16.3. The van der Waals surface area contributed by atoms with Gasteiger partial charge in [-0.05, 0) is 48.6 Å². The molecule has 0 aliphatic heterocycles. The second-order valence-corrected chi connectivity index (χ2v) is 8.90. The Morgan fingerprint density at radius 2 is 2.07 bits per heavy atom. The van der Waals surface area contributed by atoms with E-state index in [0.29, 0.717) is 11.5 Å². The van der Waals surface area contributed by atoms with Crippen molar-refractivity contribution >= 4 is 22.0 Å². The van der Waals surface area contributed by atoms with E-state index in [4.69, 9.17) is 4.42 Å². The minimum atomic E-state index is -3.27. The molecule has 0 saturated carbocycles. The third kappa shape index (κ3) is 5.08. The van der Waals surface area contributed by atoms with Gasteiger partial charge in [-0.25, -0.2) is 8.42 Å². The molecule has 7 heteroatoms. The van der Waals surface area contributed by atoms with Gasteiger partial charge in [0.25, 0.3) is 0 Å². The van der Waals surface area contributed by atoms with Gasteiger partial charge in [0.1, 0.15) is 11.5 Å². The fraction of sp³-hybridized carbons (Fsp3) is 0.350. The number of amides is 1. The molecule has 1 aromatic carbocycles. The topological polar surface area (TPSA) is 79.6 Å². The van der Waals surface area contributed by atoms with Crippen molar-refractivity contribution in [2.24, 2.45) is 0 Å². The average Bonchev–Trinajstić information content (AvgIpc) is 3.07. The number of hydrogen-bond donors (Lipinski definition) is 1. The van der Waals surface area contributed by atoms with E-state index in [0.717, 1.165) is 25.5 Å². The third-order valence-electron chi connectivity index (χ3n) is 4.71. The van der Waals surface area contributed by atoms with E-state index in [1.54, 1.807) is 18.2 Å². The molecule has 1 aromatic heterocycles. The number of furan rings is 1. The summed E-state index contributed by atoms with van der Waals surface area (Å²) in [6.45, 7) is 0.151. The molecule has 1 unspecified atom stereocenters. The number of nitrogens with zero attached hydrogens (tertiary/aromatic N) is 1. The lowest BCUT2D eigenvalue weighted by molar-refractivity contribution is -0.117. The quantitative estimate of drug-likeness (QED) is 0.772. The molecule has 144 valence electrons. The highest BCUT2D eigenvalue weighted by Crippen LogP contribution is 2.29. The van der Waals surface area contributed by atoms with Crippen molar-refractivity contribution in [3.05, 3.63) is 65.1 Å². The van der Waals surface area contributed by atoms with Gasteiger partial charge in [0.05, 0.1) is 18.8 Å². The van der Waals surface area contributed by atoms with Crippen LogP contribution in [0, 0.1) is 0 Å². The number of rotatable bonds is 6. The van der Waals surface area contributed by atoms with Crippen LogP contribution in [0.1, 0.15) is 41.5 Å². The molecule has 0 radical (unpaired) electrons. The molecule has 0 saturated heterocycles. The Morgan fingerprint density at radius 1 is 1.30 bits per heavy atom. The molecule has 1 atom stereocenters. The van der Waals surface area contributed by atoms with Gasteiger partial charge in [-0.15, -0.1) is 0 Å². The standard InChI is InChI=1S/C20H24N2O4S/c1-22(27(2,24)25)14-17-11-10-16(26-17)12-13-20(23)21-19-9-5-7-15-6-3-4-8-18(15)19/h3-4,6,8,10-13,19H,5,7,9,14H2,1-2H3,(H,21,23)/b13-12+. The van der Waals surface area contributed by atoms with Gasteiger partial charge < -0.3 is 9.73 Å². The van der Waals surface area contributed by atoms with Gasteiger partial charge in [-0.1, -0.05) is 24.3 Å². The van der Waals surface area contributed by atoms with E-state index < -0.39 is 10.0 Å². The van der Waals surface area contributed by atoms with Gasteiger partial charge in [0.2, 0.25) is 15.9 Å². The Balaban J connectivity index is 1.60. The Labute approximate surface area is 159 Å². The van der Waals surface area contributed by atoms with E-state index in [1.165, 1.54) is 28.6 Å². The third-order valence-corrected chi connectivity index (χ3v) is 5.97. The Bertz CT molecular complexity index is 946. The van der Waals surface area contributed by atoms with Gasteiger partial charge in [0.15, 0.2) is 0 Å². The molecule has 0 spiro atoms. The number of fused-ring (bicyclic) bond motifs is 1. The van der Waals surface area contributed by atoms with E-state index in [-0.39, 0.29) is 18.5 Å². The van der Waals surface area contributed by atoms with Crippen molar-refractivity contribution < 1.29 is 17.6 Å². The van der Waals surface area contributed by atoms with Crippen LogP contribution in [0.5, 0.6) is 0 Å². The van der Waals surface area contributed by atoms with Crippen molar-refractivity contribution in [2.45, 2.75) is 31.8 Å². The molecular weight excluding hydrogens is 364 g/mol. The summed E-state index contributed by atoms with van der Waals surface area (Å²) in [5.41, 5.74) is 2.48. The molecule has 1 aliphatic carbocycles. The second kappa shape index (κ2) is 8.10. The number of carbonyl (C=O) groups is 1. The van der Waals surface area contributed by atoms with E-state index in [2.05, 4.69) is 17.4 Å². The van der Waals surface area contributed by atoms with Crippen molar-refractivity contribution in [2.75, 3.05) is 13.3 Å². The van der Waals surface area contributed by atoms with Crippen molar-refractivity contribution in [3.8, 4) is 0 Å². The van der Waals surface area contributed by atoms with Crippen LogP contribution in [0.3, 0.4) is 0 Å². The van der Waals surface area contributed by atoms with Crippen LogP contribution < -0.4 is 5.32 Å². The van der Waals surface area contributed by atoms with Crippen molar-refractivity contribution in [3.63, 3.8) is 0 Å². The summed E-state index contributed by atoms with van der Waals surface area (Å²) in [4.78, 5) is 12.3. The lowest BCUT2D eigenvalue weighted by Gasteiger charge is -2.25. The number of hydrogen-bond acceptors (Lipinski definition) is 4. The molecule has 27 heavy (non-hydrogen) atoms. The molecule has 1 aliphatic rings. The maximum atomic E-state index is 12.3. The smallest absolute Gasteiger partial charge is 0.244 e. The minimum absolute atomic E-state index is 0.0303. The molecule has 3 rings (SSSR count). The maximum absolute atomic E-state index is 12.3. The summed E-state index contributed by atoms with van der Waals surface area (Å²) in [6, 6.07) is 11.7. The van der Waals surface area contributed by atoms with Crippen LogP contribution >= 0.6 is 0 Å². The summed E-state index contributed by atoms with van der Waals surface area (Å²) >= 11 is 0. The summed E-state index contributed by atoms with van der Waals surface area (Å²) < 4.78 is 29.7. The minimum Gasteiger partial charge on any atom is -0.460 e. The predicted molar refractivity (Wildman–Crippen MR) is 104 cm³/mol. The molecule has 0 bridgehead atoms. The zero-order chi connectivity index (χ0) is 19.4. The van der Waals surface area contributed by atoms with Gasteiger partial charge in [0, 0.05) is 13.1 Å². The van der Waals surface area contributed by atoms with Crippen LogP contribution in [-0.4, -0.2) is 31.9 Å². The maximum Gasteiger partial charge on any atom is 0.244 e. The van der Waals surface area contributed by atoms with Crippen molar-refractivity contribution in [1.29, 1.82) is 0 Å². The summed E-state index contributed by atoms with van der Waals surface area (Å²) in [6.07, 6.45) is 7.22.